The van der Waals surface area contributed by atoms with Gasteiger partial charge in [-0.3, -0.25) is 4.79 Å². The van der Waals surface area contributed by atoms with Crippen molar-refractivity contribution in [2.75, 3.05) is 5.01 Å². The normalized spacial score (nSPS) is 10.6. The standard InChI is InChI=1S/C15H16N8O/c1-10-8-11(2)18-15(17-10)23(16)13(24)9-22-20-14(19-21-22)12-6-4-3-5-7-12/h3-8H,9,16H2,1-2H3. The number of anilines is 1. The number of tetrazole rings is 1. The van der Waals surface area contributed by atoms with E-state index in [1.165, 1.54) is 4.80 Å². The van der Waals surface area contributed by atoms with E-state index in [0.717, 1.165) is 22.0 Å². The predicted molar refractivity (Wildman–Crippen MR) is 86.4 cm³/mol. The highest BCUT2D eigenvalue weighted by atomic mass is 16.2. The molecular formula is C15H16N8O. The van der Waals surface area contributed by atoms with Gasteiger partial charge in [-0.05, 0) is 25.1 Å². The number of nitrogens with zero attached hydrogens (tertiary/aromatic N) is 7. The van der Waals surface area contributed by atoms with Crippen molar-refractivity contribution in [1.82, 2.24) is 30.2 Å². The maximum atomic E-state index is 12.3. The summed E-state index contributed by atoms with van der Waals surface area (Å²) < 4.78 is 0. The minimum Gasteiger partial charge on any atom is -0.271 e. The fourth-order valence-corrected chi connectivity index (χ4v) is 2.14. The first-order valence-corrected chi connectivity index (χ1v) is 7.26. The van der Waals surface area contributed by atoms with E-state index in [4.69, 9.17) is 5.84 Å². The summed E-state index contributed by atoms with van der Waals surface area (Å²) in [6.45, 7) is 3.45. The Labute approximate surface area is 138 Å². The van der Waals surface area contributed by atoms with Gasteiger partial charge in [0, 0.05) is 17.0 Å². The molecule has 0 aliphatic rings. The van der Waals surface area contributed by atoms with Crippen LogP contribution < -0.4 is 10.9 Å². The smallest absolute Gasteiger partial charge is 0.267 e. The number of rotatable bonds is 4. The van der Waals surface area contributed by atoms with Crippen LogP contribution in [0.3, 0.4) is 0 Å². The van der Waals surface area contributed by atoms with Gasteiger partial charge in [-0.2, -0.15) is 4.80 Å². The van der Waals surface area contributed by atoms with Gasteiger partial charge in [0.05, 0.1) is 0 Å². The first-order valence-electron chi connectivity index (χ1n) is 7.26. The van der Waals surface area contributed by atoms with Crippen molar-refractivity contribution in [2.45, 2.75) is 20.4 Å². The molecule has 1 amide bonds. The molecule has 2 heterocycles. The zero-order chi connectivity index (χ0) is 17.1. The minimum atomic E-state index is -0.447. The van der Waals surface area contributed by atoms with Gasteiger partial charge in [-0.15, -0.1) is 10.2 Å². The fraction of sp³-hybridized carbons (Fsp3) is 0.200. The lowest BCUT2D eigenvalue weighted by molar-refractivity contribution is -0.119. The van der Waals surface area contributed by atoms with E-state index in [1.54, 1.807) is 6.07 Å². The SMILES string of the molecule is Cc1cc(C)nc(N(N)C(=O)Cn2nnc(-c3ccccc3)n2)n1. The Morgan fingerprint density at radius 3 is 2.50 bits per heavy atom. The van der Waals surface area contributed by atoms with Crippen LogP contribution in [0.5, 0.6) is 0 Å². The zero-order valence-corrected chi connectivity index (χ0v) is 13.3. The fourth-order valence-electron chi connectivity index (χ4n) is 2.14. The Hall–Kier alpha value is -3.20. The summed E-state index contributed by atoms with van der Waals surface area (Å²) in [7, 11) is 0. The highest BCUT2D eigenvalue weighted by molar-refractivity contribution is 5.90. The summed E-state index contributed by atoms with van der Waals surface area (Å²) in [6.07, 6.45) is 0. The average molecular weight is 324 g/mol. The van der Waals surface area contributed by atoms with Gasteiger partial charge in [0.25, 0.3) is 5.91 Å². The van der Waals surface area contributed by atoms with E-state index in [1.807, 2.05) is 44.2 Å². The largest absolute Gasteiger partial charge is 0.271 e. The highest BCUT2D eigenvalue weighted by Crippen LogP contribution is 2.12. The van der Waals surface area contributed by atoms with E-state index in [0.29, 0.717) is 5.82 Å². The maximum absolute atomic E-state index is 12.3. The lowest BCUT2D eigenvalue weighted by atomic mass is 10.2. The second-order valence-electron chi connectivity index (χ2n) is 5.22. The van der Waals surface area contributed by atoms with Crippen LogP contribution >= 0.6 is 0 Å². The molecule has 2 aromatic heterocycles. The third-order valence-electron chi connectivity index (χ3n) is 3.22. The van der Waals surface area contributed by atoms with Gasteiger partial charge in [0.2, 0.25) is 11.8 Å². The molecule has 0 unspecified atom stereocenters. The third kappa shape index (κ3) is 3.41. The second-order valence-corrected chi connectivity index (χ2v) is 5.22. The maximum Gasteiger partial charge on any atom is 0.267 e. The summed E-state index contributed by atoms with van der Waals surface area (Å²) >= 11 is 0. The molecule has 24 heavy (non-hydrogen) atoms. The van der Waals surface area contributed by atoms with Crippen molar-refractivity contribution in [2.24, 2.45) is 5.84 Å². The van der Waals surface area contributed by atoms with E-state index in [9.17, 15) is 4.79 Å². The Balaban J connectivity index is 1.74. The van der Waals surface area contributed by atoms with Crippen molar-refractivity contribution in [3.05, 3.63) is 47.8 Å². The molecule has 0 bridgehead atoms. The monoisotopic (exact) mass is 324 g/mol. The number of aryl methyl sites for hydroxylation is 2. The molecule has 0 saturated carbocycles. The number of hydrogen-bond acceptors (Lipinski definition) is 7. The van der Waals surface area contributed by atoms with Crippen molar-refractivity contribution >= 4 is 11.9 Å². The predicted octanol–water partition coefficient (Wildman–Crippen LogP) is 0.654. The molecule has 0 fully saturated rings. The van der Waals surface area contributed by atoms with Crippen molar-refractivity contribution in [3.8, 4) is 11.4 Å². The van der Waals surface area contributed by atoms with Crippen LogP contribution in [0.2, 0.25) is 0 Å². The summed E-state index contributed by atoms with van der Waals surface area (Å²) in [6, 6.07) is 11.2. The lowest BCUT2D eigenvalue weighted by Gasteiger charge is -2.14. The molecule has 3 rings (SSSR count). The average Bonchev–Trinajstić information content (AvgIpc) is 3.02. The van der Waals surface area contributed by atoms with Crippen LogP contribution in [0.25, 0.3) is 11.4 Å². The number of nitrogens with two attached hydrogens (primary N) is 1. The number of amides is 1. The number of carbonyl (C=O) groups is 1. The summed E-state index contributed by atoms with van der Waals surface area (Å²) in [4.78, 5) is 21.8. The van der Waals surface area contributed by atoms with Crippen LogP contribution in [-0.4, -0.2) is 36.1 Å². The zero-order valence-electron chi connectivity index (χ0n) is 13.3. The molecule has 0 aliphatic carbocycles. The van der Waals surface area contributed by atoms with E-state index >= 15 is 0 Å². The van der Waals surface area contributed by atoms with Gasteiger partial charge in [0.15, 0.2) is 0 Å². The molecular weight excluding hydrogens is 308 g/mol. The van der Waals surface area contributed by atoms with E-state index in [-0.39, 0.29) is 12.5 Å². The number of hydrogen-bond donors (Lipinski definition) is 1. The third-order valence-corrected chi connectivity index (χ3v) is 3.22. The molecule has 3 aromatic rings. The molecule has 0 spiro atoms. The van der Waals surface area contributed by atoms with Gasteiger partial charge >= 0.3 is 0 Å². The molecule has 9 heteroatoms. The molecule has 0 aliphatic heterocycles. The van der Waals surface area contributed by atoms with Crippen molar-refractivity contribution in [3.63, 3.8) is 0 Å². The number of carbonyl (C=O) groups excluding carboxylic acids is 1. The van der Waals surface area contributed by atoms with Gasteiger partial charge in [0.1, 0.15) is 6.54 Å². The summed E-state index contributed by atoms with van der Waals surface area (Å²) in [5, 5.41) is 12.9. The lowest BCUT2D eigenvalue weighted by Crippen LogP contribution is -2.41. The number of benzene rings is 1. The number of hydrazine groups is 1. The Morgan fingerprint density at radius 1 is 1.17 bits per heavy atom. The molecule has 0 saturated heterocycles. The van der Waals surface area contributed by atoms with Gasteiger partial charge in [-0.1, -0.05) is 30.3 Å². The molecule has 122 valence electrons. The Bertz CT molecular complexity index is 841. The number of aromatic nitrogens is 6. The molecule has 1 aromatic carbocycles. The summed E-state index contributed by atoms with van der Waals surface area (Å²) in [5.74, 6) is 5.94. The van der Waals surface area contributed by atoms with Crippen LogP contribution in [0, 0.1) is 13.8 Å². The van der Waals surface area contributed by atoms with Crippen LogP contribution in [0.4, 0.5) is 5.95 Å². The van der Waals surface area contributed by atoms with E-state index in [2.05, 4.69) is 25.4 Å². The van der Waals surface area contributed by atoms with Crippen molar-refractivity contribution < 1.29 is 4.79 Å². The molecule has 2 N–H and O–H groups in total. The van der Waals surface area contributed by atoms with Crippen LogP contribution in [-0.2, 0) is 11.3 Å². The summed E-state index contributed by atoms with van der Waals surface area (Å²) in [5.41, 5.74) is 2.27. The topological polar surface area (TPSA) is 116 Å². The second kappa shape index (κ2) is 6.50. The van der Waals surface area contributed by atoms with E-state index < -0.39 is 5.91 Å². The highest BCUT2D eigenvalue weighted by Gasteiger charge is 2.17. The van der Waals surface area contributed by atoms with Crippen LogP contribution in [0.15, 0.2) is 36.4 Å². The first kappa shape index (κ1) is 15.7. The molecule has 9 nitrogen and oxygen atoms in total. The molecule has 0 atom stereocenters. The van der Waals surface area contributed by atoms with Crippen molar-refractivity contribution in [1.29, 1.82) is 0 Å². The molecule has 0 radical (unpaired) electrons. The van der Waals surface area contributed by atoms with Gasteiger partial charge in [-0.25, -0.2) is 20.8 Å². The Kier molecular flexibility index (Phi) is 4.25. The minimum absolute atomic E-state index is 0.140. The van der Waals surface area contributed by atoms with Gasteiger partial charge < -0.3 is 0 Å². The first-order chi connectivity index (χ1) is 11.5. The van der Waals surface area contributed by atoms with Crippen LogP contribution in [0.1, 0.15) is 11.4 Å². The quantitative estimate of drug-likeness (QED) is 0.425. The Morgan fingerprint density at radius 2 is 1.83 bits per heavy atom.